The summed E-state index contributed by atoms with van der Waals surface area (Å²) in [7, 11) is 0. The number of rotatable bonds is 4. The first kappa shape index (κ1) is 16.9. The molecule has 21 heavy (non-hydrogen) atoms. The highest BCUT2D eigenvalue weighted by atomic mass is 19.1. The fourth-order valence-electron chi connectivity index (χ4n) is 1.76. The number of ether oxygens (including phenoxy) is 1. The Balaban J connectivity index is 2.88. The zero-order chi connectivity index (χ0) is 16.3. The summed E-state index contributed by atoms with van der Waals surface area (Å²) in [4.78, 5) is 23.2. The molecule has 0 aliphatic heterocycles. The van der Waals surface area contributed by atoms with Crippen LogP contribution in [0.15, 0.2) is 24.3 Å². The number of alkyl carbamates (subject to hydrolysis) is 1. The number of nitrogens with one attached hydrogen (secondary N) is 1. The Bertz CT molecular complexity index is 539. The van der Waals surface area contributed by atoms with Crippen molar-refractivity contribution in [3.63, 3.8) is 0 Å². The van der Waals surface area contributed by atoms with E-state index in [1.54, 1.807) is 26.8 Å². The Morgan fingerprint density at radius 2 is 1.90 bits per heavy atom. The van der Waals surface area contributed by atoms with Crippen LogP contribution in [0.3, 0.4) is 0 Å². The van der Waals surface area contributed by atoms with Crippen LogP contribution in [0.4, 0.5) is 9.18 Å². The number of aliphatic carboxylic acids is 1. The molecule has 116 valence electrons. The number of halogens is 1. The monoisotopic (exact) mass is 297 g/mol. The van der Waals surface area contributed by atoms with E-state index in [0.29, 0.717) is 5.56 Å². The lowest BCUT2D eigenvalue weighted by molar-refractivity contribution is -0.144. The molecule has 0 aliphatic rings. The normalized spacial score (nSPS) is 14.1. The number of hydrogen-bond donors (Lipinski definition) is 2. The number of carboxylic acids is 1. The minimum Gasteiger partial charge on any atom is -0.480 e. The minimum atomic E-state index is -1.59. The molecular weight excluding hydrogens is 277 g/mol. The molecule has 2 N–H and O–H groups in total. The van der Waals surface area contributed by atoms with Gasteiger partial charge in [-0.2, -0.15) is 0 Å². The van der Waals surface area contributed by atoms with Crippen LogP contribution in [-0.2, 0) is 16.0 Å². The van der Waals surface area contributed by atoms with Gasteiger partial charge in [-0.3, -0.25) is 0 Å². The lowest BCUT2D eigenvalue weighted by atomic mass is 9.93. The van der Waals surface area contributed by atoms with Gasteiger partial charge in [0.15, 0.2) is 0 Å². The average Bonchev–Trinajstić information content (AvgIpc) is 2.25. The number of carbonyl (C=O) groups is 2. The van der Waals surface area contributed by atoms with Gasteiger partial charge in [0.1, 0.15) is 17.0 Å². The van der Waals surface area contributed by atoms with Crippen molar-refractivity contribution in [2.75, 3.05) is 0 Å². The van der Waals surface area contributed by atoms with E-state index in [2.05, 4.69) is 5.32 Å². The summed E-state index contributed by atoms with van der Waals surface area (Å²) in [5.74, 6) is -1.69. The van der Waals surface area contributed by atoms with Crippen LogP contribution >= 0.6 is 0 Å². The minimum absolute atomic E-state index is 0.0562. The smallest absolute Gasteiger partial charge is 0.408 e. The van der Waals surface area contributed by atoms with Crippen molar-refractivity contribution >= 4 is 12.1 Å². The average molecular weight is 297 g/mol. The van der Waals surface area contributed by atoms with Crippen molar-refractivity contribution in [1.29, 1.82) is 0 Å². The van der Waals surface area contributed by atoms with Crippen LogP contribution < -0.4 is 5.32 Å². The summed E-state index contributed by atoms with van der Waals surface area (Å²) in [5.41, 5.74) is -1.85. The van der Waals surface area contributed by atoms with Gasteiger partial charge in [-0.25, -0.2) is 14.0 Å². The molecule has 1 rings (SSSR count). The maximum absolute atomic E-state index is 13.2. The molecule has 5 nitrogen and oxygen atoms in total. The molecule has 1 aromatic carbocycles. The van der Waals surface area contributed by atoms with Crippen LogP contribution in [0, 0.1) is 5.82 Å². The van der Waals surface area contributed by atoms with Crippen LogP contribution in [-0.4, -0.2) is 28.3 Å². The largest absolute Gasteiger partial charge is 0.480 e. The molecule has 0 radical (unpaired) electrons. The summed E-state index contributed by atoms with van der Waals surface area (Å²) < 4.78 is 18.2. The molecular formula is C15H20FNO4. The molecule has 0 heterocycles. The highest BCUT2D eigenvalue weighted by Gasteiger charge is 2.36. The fourth-order valence-corrected chi connectivity index (χ4v) is 1.76. The first-order valence-electron chi connectivity index (χ1n) is 6.51. The van der Waals surface area contributed by atoms with Gasteiger partial charge in [-0.1, -0.05) is 12.1 Å². The SMILES string of the molecule is CC(C)(C)OC(=O)N[C@](C)(Cc1cccc(F)c1)C(=O)O. The quantitative estimate of drug-likeness (QED) is 0.896. The number of carboxylic acid groups (broad SMARTS) is 1. The Morgan fingerprint density at radius 3 is 2.38 bits per heavy atom. The zero-order valence-corrected chi connectivity index (χ0v) is 12.6. The highest BCUT2D eigenvalue weighted by molar-refractivity contribution is 5.84. The molecule has 0 spiro atoms. The van der Waals surface area contributed by atoms with Crippen LogP contribution in [0.1, 0.15) is 33.3 Å². The topological polar surface area (TPSA) is 75.6 Å². The second-order valence-corrected chi connectivity index (χ2v) is 6.07. The van der Waals surface area contributed by atoms with Gasteiger partial charge >= 0.3 is 12.1 Å². The van der Waals surface area contributed by atoms with Crippen molar-refractivity contribution in [2.45, 2.75) is 45.3 Å². The number of amides is 1. The molecule has 0 unspecified atom stereocenters. The van der Waals surface area contributed by atoms with Gasteiger partial charge in [0, 0.05) is 6.42 Å². The molecule has 0 aromatic heterocycles. The summed E-state index contributed by atoms with van der Waals surface area (Å²) >= 11 is 0. The van der Waals surface area contributed by atoms with Crippen molar-refractivity contribution < 1.29 is 23.8 Å². The maximum atomic E-state index is 13.2. The second kappa shape index (κ2) is 6.11. The standard InChI is InChI=1S/C15H20FNO4/c1-14(2,3)21-13(20)17-15(4,12(18)19)9-10-6-5-7-11(16)8-10/h5-8H,9H2,1-4H3,(H,17,20)(H,18,19)/t15-/m1/s1. The molecule has 0 saturated carbocycles. The lowest BCUT2D eigenvalue weighted by Gasteiger charge is -2.28. The molecule has 1 amide bonds. The first-order chi connectivity index (χ1) is 9.52. The van der Waals surface area contributed by atoms with E-state index in [4.69, 9.17) is 4.74 Å². The van der Waals surface area contributed by atoms with Crippen molar-refractivity contribution in [3.8, 4) is 0 Å². The third kappa shape index (κ3) is 5.41. The number of benzene rings is 1. The van der Waals surface area contributed by atoms with Crippen LogP contribution in [0.25, 0.3) is 0 Å². The van der Waals surface area contributed by atoms with E-state index in [1.165, 1.54) is 25.1 Å². The van der Waals surface area contributed by atoms with E-state index in [9.17, 15) is 19.1 Å². The van der Waals surface area contributed by atoms with Gasteiger partial charge in [0.05, 0.1) is 0 Å². The van der Waals surface area contributed by atoms with Gasteiger partial charge in [-0.15, -0.1) is 0 Å². The Kier molecular flexibility index (Phi) is 4.93. The van der Waals surface area contributed by atoms with Crippen LogP contribution in [0.2, 0.25) is 0 Å². The summed E-state index contributed by atoms with van der Waals surface area (Å²) in [5, 5.41) is 11.7. The molecule has 0 bridgehead atoms. The Morgan fingerprint density at radius 1 is 1.29 bits per heavy atom. The summed E-state index contributed by atoms with van der Waals surface area (Å²) in [6.07, 6.45) is -0.886. The molecule has 0 saturated heterocycles. The first-order valence-corrected chi connectivity index (χ1v) is 6.51. The molecule has 0 fully saturated rings. The molecule has 0 aliphatic carbocycles. The van der Waals surface area contributed by atoms with Gasteiger partial charge in [0.2, 0.25) is 0 Å². The summed E-state index contributed by atoms with van der Waals surface area (Å²) in [6, 6.07) is 5.59. The van der Waals surface area contributed by atoms with E-state index < -0.39 is 29.0 Å². The zero-order valence-electron chi connectivity index (χ0n) is 12.6. The van der Waals surface area contributed by atoms with E-state index >= 15 is 0 Å². The highest BCUT2D eigenvalue weighted by Crippen LogP contribution is 2.16. The molecule has 1 aromatic rings. The van der Waals surface area contributed by atoms with Crippen molar-refractivity contribution in [3.05, 3.63) is 35.6 Å². The third-order valence-electron chi connectivity index (χ3n) is 2.70. The predicted molar refractivity (Wildman–Crippen MR) is 75.5 cm³/mol. The molecule has 1 atom stereocenters. The maximum Gasteiger partial charge on any atom is 0.408 e. The van der Waals surface area contributed by atoms with E-state index in [0.717, 1.165) is 0 Å². The van der Waals surface area contributed by atoms with E-state index in [-0.39, 0.29) is 6.42 Å². The van der Waals surface area contributed by atoms with E-state index in [1.807, 2.05) is 0 Å². The number of hydrogen-bond acceptors (Lipinski definition) is 3. The predicted octanol–water partition coefficient (Wildman–Crippen LogP) is 2.74. The van der Waals surface area contributed by atoms with Crippen molar-refractivity contribution in [2.24, 2.45) is 0 Å². The summed E-state index contributed by atoms with van der Waals surface area (Å²) in [6.45, 7) is 6.38. The fraction of sp³-hybridized carbons (Fsp3) is 0.467. The second-order valence-electron chi connectivity index (χ2n) is 6.07. The number of carbonyl (C=O) groups excluding carboxylic acids is 1. The Labute approximate surface area is 123 Å². The van der Waals surface area contributed by atoms with Crippen LogP contribution in [0.5, 0.6) is 0 Å². The van der Waals surface area contributed by atoms with Gasteiger partial charge in [-0.05, 0) is 45.4 Å². The Hall–Kier alpha value is -2.11. The third-order valence-corrected chi connectivity index (χ3v) is 2.70. The van der Waals surface area contributed by atoms with Gasteiger partial charge < -0.3 is 15.2 Å². The lowest BCUT2D eigenvalue weighted by Crippen LogP contribution is -2.54. The van der Waals surface area contributed by atoms with Crippen molar-refractivity contribution in [1.82, 2.24) is 5.32 Å². The molecule has 6 heteroatoms. The van der Waals surface area contributed by atoms with Gasteiger partial charge in [0.25, 0.3) is 0 Å².